The van der Waals surface area contributed by atoms with Crippen molar-refractivity contribution in [3.8, 4) is 0 Å². The van der Waals surface area contributed by atoms with E-state index < -0.39 is 11.7 Å². The Morgan fingerprint density at radius 1 is 1.29 bits per heavy atom. The number of nitrogens with zero attached hydrogens (tertiary/aromatic N) is 1. The van der Waals surface area contributed by atoms with E-state index in [1.807, 2.05) is 13.8 Å². The fourth-order valence-corrected chi connectivity index (χ4v) is 1.16. The summed E-state index contributed by atoms with van der Waals surface area (Å²) < 4.78 is 37.4. The van der Waals surface area contributed by atoms with Crippen LogP contribution in [0, 0.1) is 6.92 Å². The molecule has 78 valence electrons. The van der Waals surface area contributed by atoms with Crippen LogP contribution in [0.4, 0.5) is 13.2 Å². The van der Waals surface area contributed by atoms with Crippen LogP contribution < -0.4 is 0 Å². The molecule has 0 radical (unpaired) electrons. The maximum absolute atomic E-state index is 12.5. The van der Waals surface area contributed by atoms with Gasteiger partial charge in [0.15, 0.2) is 0 Å². The van der Waals surface area contributed by atoms with E-state index in [9.17, 15) is 13.2 Å². The van der Waals surface area contributed by atoms with Crippen molar-refractivity contribution >= 4 is 0 Å². The molecule has 1 aromatic rings. The summed E-state index contributed by atoms with van der Waals surface area (Å²) in [5.41, 5.74) is 0.0565. The first-order valence-electron chi connectivity index (χ1n) is 4.36. The molecule has 0 fully saturated rings. The summed E-state index contributed by atoms with van der Waals surface area (Å²) in [6.45, 7) is 5.05. The highest BCUT2D eigenvalue weighted by Crippen LogP contribution is 2.32. The molecule has 0 amide bonds. The zero-order valence-corrected chi connectivity index (χ0v) is 8.31. The first-order valence-corrected chi connectivity index (χ1v) is 4.36. The lowest BCUT2D eigenvalue weighted by molar-refractivity contribution is -0.138. The lowest BCUT2D eigenvalue weighted by Gasteiger charge is -2.12. The van der Waals surface area contributed by atoms with Gasteiger partial charge in [-0.2, -0.15) is 13.2 Å². The topological polar surface area (TPSA) is 12.9 Å². The van der Waals surface area contributed by atoms with Crippen molar-refractivity contribution in [3.05, 3.63) is 29.1 Å². The molecular formula is C10H12F3N. The molecule has 0 atom stereocenters. The molecule has 14 heavy (non-hydrogen) atoms. The lowest BCUT2D eigenvalue weighted by atomic mass is 10.0. The number of rotatable bonds is 1. The van der Waals surface area contributed by atoms with E-state index in [1.54, 1.807) is 0 Å². The molecule has 1 heterocycles. The van der Waals surface area contributed by atoms with Crippen molar-refractivity contribution in [2.75, 3.05) is 0 Å². The molecule has 0 unspecified atom stereocenters. The number of pyridine rings is 1. The Labute approximate surface area is 81.0 Å². The van der Waals surface area contributed by atoms with E-state index in [-0.39, 0.29) is 11.5 Å². The molecule has 1 aromatic heterocycles. The van der Waals surface area contributed by atoms with E-state index in [0.29, 0.717) is 5.69 Å². The molecule has 0 aliphatic rings. The minimum atomic E-state index is -4.28. The second kappa shape index (κ2) is 3.59. The highest BCUT2D eigenvalue weighted by molar-refractivity contribution is 5.29. The summed E-state index contributed by atoms with van der Waals surface area (Å²) in [6, 6.07) is 1.12. The van der Waals surface area contributed by atoms with Gasteiger partial charge in [-0.1, -0.05) is 13.8 Å². The predicted octanol–water partition coefficient (Wildman–Crippen LogP) is 3.53. The quantitative estimate of drug-likeness (QED) is 0.680. The largest absolute Gasteiger partial charge is 0.416 e. The van der Waals surface area contributed by atoms with Crippen LogP contribution in [0.5, 0.6) is 0 Å². The summed E-state index contributed by atoms with van der Waals surface area (Å²) in [6.07, 6.45) is -3.01. The summed E-state index contributed by atoms with van der Waals surface area (Å²) in [7, 11) is 0. The maximum Gasteiger partial charge on any atom is 0.416 e. The fraction of sp³-hybridized carbons (Fsp3) is 0.500. The van der Waals surface area contributed by atoms with Crippen LogP contribution in [0.15, 0.2) is 12.3 Å². The minimum absolute atomic E-state index is 0.0108. The molecule has 0 saturated heterocycles. The van der Waals surface area contributed by atoms with Crippen LogP contribution in [0.3, 0.4) is 0 Å². The van der Waals surface area contributed by atoms with Crippen LogP contribution in [0.2, 0.25) is 0 Å². The van der Waals surface area contributed by atoms with E-state index in [2.05, 4.69) is 4.98 Å². The smallest absolute Gasteiger partial charge is 0.261 e. The SMILES string of the molecule is Cc1cnc(C(C)C)cc1C(F)(F)F. The van der Waals surface area contributed by atoms with Gasteiger partial charge in [-0.15, -0.1) is 0 Å². The molecule has 0 aliphatic carbocycles. The van der Waals surface area contributed by atoms with Crippen molar-refractivity contribution < 1.29 is 13.2 Å². The molecule has 1 rings (SSSR count). The van der Waals surface area contributed by atoms with Crippen LogP contribution in [-0.4, -0.2) is 4.98 Å². The van der Waals surface area contributed by atoms with Crippen molar-refractivity contribution in [2.45, 2.75) is 32.9 Å². The lowest BCUT2D eigenvalue weighted by Crippen LogP contribution is -2.09. The third kappa shape index (κ3) is 2.25. The monoisotopic (exact) mass is 203 g/mol. The molecule has 0 saturated carbocycles. The van der Waals surface area contributed by atoms with Crippen molar-refractivity contribution in [3.63, 3.8) is 0 Å². The van der Waals surface area contributed by atoms with Crippen LogP contribution in [-0.2, 0) is 6.18 Å². The van der Waals surface area contributed by atoms with Gasteiger partial charge in [0, 0.05) is 11.9 Å². The molecule has 1 nitrogen and oxygen atoms in total. The molecule has 0 spiro atoms. The van der Waals surface area contributed by atoms with Gasteiger partial charge in [0.25, 0.3) is 0 Å². The van der Waals surface area contributed by atoms with E-state index in [0.717, 1.165) is 6.07 Å². The number of hydrogen-bond donors (Lipinski definition) is 0. The van der Waals surface area contributed by atoms with Crippen molar-refractivity contribution in [1.82, 2.24) is 4.98 Å². The summed E-state index contributed by atoms with van der Waals surface area (Å²) in [5, 5.41) is 0. The number of hydrogen-bond acceptors (Lipinski definition) is 1. The Kier molecular flexibility index (Phi) is 2.83. The van der Waals surface area contributed by atoms with Gasteiger partial charge in [-0.25, -0.2) is 0 Å². The Bertz CT molecular complexity index is 329. The molecule has 0 aliphatic heterocycles. The fourth-order valence-electron chi connectivity index (χ4n) is 1.16. The highest BCUT2D eigenvalue weighted by Gasteiger charge is 2.32. The van der Waals surface area contributed by atoms with Gasteiger partial charge >= 0.3 is 6.18 Å². The Morgan fingerprint density at radius 2 is 1.86 bits per heavy atom. The van der Waals surface area contributed by atoms with Crippen molar-refractivity contribution in [1.29, 1.82) is 0 Å². The highest BCUT2D eigenvalue weighted by atomic mass is 19.4. The summed E-state index contributed by atoms with van der Waals surface area (Å²) in [4.78, 5) is 3.95. The average Bonchev–Trinajstić information content (AvgIpc) is 2.02. The van der Waals surface area contributed by atoms with Crippen LogP contribution >= 0.6 is 0 Å². The second-order valence-electron chi connectivity index (χ2n) is 3.58. The number of aryl methyl sites for hydroxylation is 1. The van der Waals surface area contributed by atoms with Gasteiger partial charge in [-0.3, -0.25) is 4.98 Å². The third-order valence-corrected chi connectivity index (χ3v) is 2.02. The number of aromatic nitrogens is 1. The van der Waals surface area contributed by atoms with E-state index in [4.69, 9.17) is 0 Å². The van der Waals surface area contributed by atoms with Crippen molar-refractivity contribution in [2.24, 2.45) is 0 Å². The van der Waals surface area contributed by atoms with Gasteiger partial charge in [0.2, 0.25) is 0 Å². The number of alkyl halides is 3. The first-order chi connectivity index (χ1) is 6.32. The van der Waals surface area contributed by atoms with E-state index in [1.165, 1.54) is 13.1 Å². The normalized spacial score (nSPS) is 12.2. The molecule has 0 aromatic carbocycles. The first kappa shape index (κ1) is 11.0. The third-order valence-electron chi connectivity index (χ3n) is 2.02. The number of halogens is 3. The van der Waals surface area contributed by atoms with Gasteiger partial charge in [0.05, 0.1) is 5.56 Å². The average molecular weight is 203 g/mol. The Balaban J connectivity index is 3.22. The molecular weight excluding hydrogens is 191 g/mol. The van der Waals surface area contributed by atoms with E-state index >= 15 is 0 Å². The Hall–Kier alpha value is -1.06. The van der Waals surface area contributed by atoms with Gasteiger partial charge in [0.1, 0.15) is 0 Å². The molecule has 0 N–H and O–H groups in total. The molecule has 0 bridgehead atoms. The predicted molar refractivity (Wildman–Crippen MR) is 48.1 cm³/mol. The zero-order valence-electron chi connectivity index (χ0n) is 8.31. The zero-order chi connectivity index (χ0) is 10.9. The summed E-state index contributed by atoms with van der Waals surface area (Å²) >= 11 is 0. The Morgan fingerprint density at radius 3 is 2.29 bits per heavy atom. The molecule has 4 heteroatoms. The van der Waals surface area contributed by atoms with Crippen LogP contribution in [0.25, 0.3) is 0 Å². The van der Waals surface area contributed by atoms with Crippen LogP contribution in [0.1, 0.15) is 36.6 Å². The summed E-state index contributed by atoms with van der Waals surface area (Å²) in [5.74, 6) is 0.0108. The minimum Gasteiger partial charge on any atom is -0.261 e. The van der Waals surface area contributed by atoms with Gasteiger partial charge < -0.3 is 0 Å². The standard InChI is InChI=1S/C10H12F3N/c1-6(2)9-4-8(10(11,12)13)7(3)5-14-9/h4-6H,1-3H3. The van der Waals surface area contributed by atoms with Gasteiger partial charge in [-0.05, 0) is 24.5 Å². The maximum atomic E-state index is 12.5. The second-order valence-corrected chi connectivity index (χ2v) is 3.58.